The first kappa shape index (κ1) is 9.35. The second-order valence-electron chi connectivity index (χ2n) is 2.23. The molecule has 0 unspecified atom stereocenters. The lowest BCUT2D eigenvalue weighted by Gasteiger charge is -2.02. The fourth-order valence-electron chi connectivity index (χ4n) is 0.802. The van der Waals surface area contributed by atoms with E-state index >= 15 is 0 Å². The molecule has 0 amide bonds. The summed E-state index contributed by atoms with van der Waals surface area (Å²) in [7, 11) is 0. The first-order valence-electron chi connectivity index (χ1n) is 3.28. The molecule has 0 aromatic carbocycles. The highest BCUT2D eigenvalue weighted by atomic mass is 35.5. The molecule has 0 radical (unpaired) electrons. The van der Waals surface area contributed by atoms with Gasteiger partial charge >= 0.3 is 0 Å². The van der Waals surface area contributed by atoms with Crippen molar-refractivity contribution in [1.29, 1.82) is 0 Å². The number of rotatable bonds is 2. The average molecular weight is 193 g/mol. The quantitative estimate of drug-likeness (QED) is 0.730. The molecule has 0 saturated heterocycles. The molecule has 2 N–H and O–H groups in total. The minimum Gasteiger partial charge on any atom is -0.326 e. The highest BCUT2D eigenvalue weighted by Gasteiger charge is 2.10. The van der Waals surface area contributed by atoms with Crippen molar-refractivity contribution in [3.05, 3.63) is 28.5 Å². The normalized spacial score (nSPS) is 10.8. The van der Waals surface area contributed by atoms with Crippen molar-refractivity contribution in [2.75, 3.05) is 0 Å². The number of nitrogens with zero attached hydrogens (tertiary/aromatic N) is 1. The predicted molar refractivity (Wildman–Crippen MR) is 42.1 cm³/mol. The fraction of sp³-hybridized carbons (Fsp3) is 0.286. The van der Waals surface area contributed by atoms with E-state index in [9.17, 15) is 8.78 Å². The Morgan fingerprint density at radius 1 is 1.50 bits per heavy atom. The Kier molecular flexibility index (Phi) is 2.94. The summed E-state index contributed by atoms with van der Waals surface area (Å²) in [6.07, 6.45) is -2.60. The maximum absolute atomic E-state index is 12.1. The Morgan fingerprint density at radius 2 is 2.17 bits per heavy atom. The summed E-state index contributed by atoms with van der Waals surface area (Å²) >= 11 is 5.47. The topological polar surface area (TPSA) is 38.9 Å². The molecule has 5 heteroatoms. The molecule has 0 atom stereocenters. The number of alkyl halides is 2. The van der Waals surface area contributed by atoms with Gasteiger partial charge in [-0.3, -0.25) is 0 Å². The van der Waals surface area contributed by atoms with Crippen molar-refractivity contribution in [3.63, 3.8) is 0 Å². The van der Waals surface area contributed by atoms with Crippen LogP contribution in [0.4, 0.5) is 8.78 Å². The third kappa shape index (κ3) is 2.12. The van der Waals surface area contributed by atoms with Gasteiger partial charge in [0.15, 0.2) is 0 Å². The first-order valence-corrected chi connectivity index (χ1v) is 3.66. The van der Waals surface area contributed by atoms with Gasteiger partial charge in [-0.2, -0.15) is 0 Å². The summed E-state index contributed by atoms with van der Waals surface area (Å²) in [6, 6.07) is 2.71. The molecule has 66 valence electrons. The number of nitrogens with two attached hydrogens (primary N) is 1. The number of pyridine rings is 1. The SMILES string of the molecule is NCc1cc(Cl)nc(C(F)F)c1. The van der Waals surface area contributed by atoms with Crippen LogP contribution in [-0.4, -0.2) is 4.98 Å². The van der Waals surface area contributed by atoms with E-state index in [0.29, 0.717) is 5.56 Å². The van der Waals surface area contributed by atoms with Crippen LogP contribution in [0.15, 0.2) is 12.1 Å². The summed E-state index contributed by atoms with van der Waals surface area (Å²) in [5, 5.41) is 0.0493. The predicted octanol–water partition coefficient (Wildman–Crippen LogP) is 2.13. The molecule has 0 bridgehead atoms. The minimum atomic E-state index is -2.60. The Labute approximate surface area is 73.4 Å². The average Bonchev–Trinajstić information content (AvgIpc) is 2.03. The zero-order chi connectivity index (χ0) is 9.14. The van der Waals surface area contributed by atoms with Crippen LogP contribution >= 0.6 is 11.6 Å². The van der Waals surface area contributed by atoms with E-state index in [1.54, 1.807) is 0 Å². The molecule has 1 rings (SSSR count). The monoisotopic (exact) mass is 192 g/mol. The maximum atomic E-state index is 12.1. The highest BCUT2D eigenvalue weighted by molar-refractivity contribution is 6.29. The van der Waals surface area contributed by atoms with Crippen molar-refractivity contribution in [3.8, 4) is 0 Å². The van der Waals surface area contributed by atoms with Crippen LogP contribution in [0.2, 0.25) is 5.15 Å². The Balaban J connectivity index is 3.06. The zero-order valence-corrected chi connectivity index (χ0v) is 6.85. The van der Waals surface area contributed by atoms with Gasteiger partial charge in [0.25, 0.3) is 6.43 Å². The van der Waals surface area contributed by atoms with E-state index in [1.165, 1.54) is 12.1 Å². The van der Waals surface area contributed by atoms with Crippen LogP contribution < -0.4 is 5.73 Å². The molecule has 1 aromatic heterocycles. The Hall–Kier alpha value is -0.740. The number of halogens is 3. The number of hydrogen-bond donors (Lipinski definition) is 1. The summed E-state index contributed by atoms with van der Waals surface area (Å²) in [5.74, 6) is 0. The standard InChI is InChI=1S/C7H7ClF2N2/c8-6-2-4(3-11)1-5(12-6)7(9)10/h1-2,7H,3,11H2. The van der Waals surface area contributed by atoms with Crippen LogP contribution in [0.25, 0.3) is 0 Å². The van der Waals surface area contributed by atoms with Gasteiger partial charge < -0.3 is 5.73 Å². The molecule has 0 fully saturated rings. The van der Waals surface area contributed by atoms with Crippen molar-refractivity contribution in [2.45, 2.75) is 13.0 Å². The van der Waals surface area contributed by atoms with E-state index < -0.39 is 6.43 Å². The van der Waals surface area contributed by atoms with Crippen LogP contribution in [0.3, 0.4) is 0 Å². The molecule has 0 spiro atoms. The molecule has 2 nitrogen and oxygen atoms in total. The van der Waals surface area contributed by atoms with Gasteiger partial charge in [0, 0.05) is 6.54 Å². The highest BCUT2D eigenvalue weighted by Crippen LogP contribution is 2.20. The summed E-state index contributed by atoms with van der Waals surface area (Å²) in [4.78, 5) is 3.44. The smallest absolute Gasteiger partial charge is 0.280 e. The molecule has 1 heterocycles. The lowest BCUT2D eigenvalue weighted by Crippen LogP contribution is -1.99. The van der Waals surface area contributed by atoms with Gasteiger partial charge in [0.05, 0.1) is 0 Å². The third-order valence-corrected chi connectivity index (χ3v) is 1.53. The van der Waals surface area contributed by atoms with Gasteiger partial charge in [-0.05, 0) is 17.7 Å². The van der Waals surface area contributed by atoms with E-state index in [4.69, 9.17) is 17.3 Å². The minimum absolute atomic E-state index is 0.0493. The summed E-state index contributed by atoms with van der Waals surface area (Å²) < 4.78 is 24.2. The summed E-state index contributed by atoms with van der Waals surface area (Å²) in [6.45, 7) is 0.182. The molecular formula is C7H7ClF2N2. The van der Waals surface area contributed by atoms with Crippen molar-refractivity contribution < 1.29 is 8.78 Å². The van der Waals surface area contributed by atoms with Crippen LogP contribution in [0.5, 0.6) is 0 Å². The first-order chi connectivity index (χ1) is 5.63. The number of aromatic nitrogens is 1. The van der Waals surface area contributed by atoms with Gasteiger partial charge in [0.2, 0.25) is 0 Å². The van der Waals surface area contributed by atoms with Gasteiger partial charge in [0.1, 0.15) is 10.8 Å². The van der Waals surface area contributed by atoms with Gasteiger partial charge in [-0.15, -0.1) is 0 Å². The van der Waals surface area contributed by atoms with E-state index in [1.807, 2.05) is 0 Å². The van der Waals surface area contributed by atoms with E-state index in [2.05, 4.69) is 4.98 Å². The second-order valence-corrected chi connectivity index (χ2v) is 2.62. The van der Waals surface area contributed by atoms with Crippen LogP contribution in [0.1, 0.15) is 17.7 Å². The molecule has 0 aliphatic carbocycles. The fourth-order valence-corrected chi connectivity index (χ4v) is 1.04. The molecular weight excluding hydrogens is 186 g/mol. The van der Waals surface area contributed by atoms with Crippen molar-refractivity contribution in [1.82, 2.24) is 4.98 Å². The number of hydrogen-bond acceptors (Lipinski definition) is 2. The molecule has 12 heavy (non-hydrogen) atoms. The lowest BCUT2D eigenvalue weighted by molar-refractivity contribution is 0.146. The van der Waals surface area contributed by atoms with Gasteiger partial charge in [-0.25, -0.2) is 13.8 Å². The van der Waals surface area contributed by atoms with Crippen molar-refractivity contribution in [2.24, 2.45) is 5.73 Å². The second kappa shape index (κ2) is 3.78. The molecule has 1 aromatic rings. The zero-order valence-electron chi connectivity index (χ0n) is 6.10. The molecule has 0 aliphatic rings. The van der Waals surface area contributed by atoms with E-state index in [0.717, 1.165) is 0 Å². The largest absolute Gasteiger partial charge is 0.326 e. The van der Waals surface area contributed by atoms with E-state index in [-0.39, 0.29) is 17.4 Å². The van der Waals surface area contributed by atoms with Crippen LogP contribution in [0, 0.1) is 0 Å². The third-order valence-electron chi connectivity index (χ3n) is 1.33. The van der Waals surface area contributed by atoms with Gasteiger partial charge in [-0.1, -0.05) is 11.6 Å². The summed E-state index contributed by atoms with van der Waals surface area (Å²) in [5.41, 5.74) is 5.49. The molecule has 0 saturated carbocycles. The molecule has 0 aliphatic heterocycles. The maximum Gasteiger partial charge on any atom is 0.280 e. The Bertz CT molecular complexity index is 278. The Morgan fingerprint density at radius 3 is 2.67 bits per heavy atom. The van der Waals surface area contributed by atoms with Crippen LogP contribution in [-0.2, 0) is 6.54 Å². The lowest BCUT2D eigenvalue weighted by atomic mass is 10.2. The van der Waals surface area contributed by atoms with Crippen molar-refractivity contribution >= 4 is 11.6 Å².